The van der Waals surface area contributed by atoms with Crippen LogP contribution in [0.5, 0.6) is 17.2 Å². The molecule has 0 spiro atoms. The predicted molar refractivity (Wildman–Crippen MR) is 116 cm³/mol. The summed E-state index contributed by atoms with van der Waals surface area (Å²) in [6.45, 7) is 0. The number of nitrogens with zero attached hydrogens (tertiary/aromatic N) is 3. The van der Waals surface area contributed by atoms with Crippen molar-refractivity contribution >= 4 is 17.0 Å². The van der Waals surface area contributed by atoms with Crippen LogP contribution in [-0.4, -0.2) is 36.3 Å². The molecule has 0 bridgehead atoms. The number of hydrogen-bond donors (Lipinski definition) is 1. The molecule has 0 saturated carbocycles. The first kappa shape index (κ1) is 19.4. The Kier molecular flexibility index (Phi) is 5.34. The second-order valence-electron chi connectivity index (χ2n) is 6.67. The number of nitrogens with two attached hydrogens (primary N) is 1. The Labute approximate surface area is 174 Å². The first-order valence-corrected chi connectivity index (χ1v) is 9.40. The van der Waals surface area contributed by atoms with Crippen LogP contribution in [0.25, 0.3) is 22.3 Å². The number of anilines is 1. The van der Waals surface area contributed by atoms with Crippen LogP contribution in [0.2, 0.25) is 0 Å². The van der Waals surface area contributed by atoms with Crippen molar-refractivity contribution in [1.29, 1.82) is 0 Å². The molecule has 0 aliphatic rings. The second-order valence-corrected chi connectivity index (χ2v) is 6.67. The van der Waals surface area contributed by atoms with Crippen LogP contribution in [0.4, 0.5) is 5.95 Å². The molecule has 0 saturated heterocycles. The van der Waals surface area contributed by atoms with Crippen LogP contribution in [0.1, 0.15) is 11.3 Å². The molecule has 2 aromatic carbocycles. The summed E-state index contributed by atoms with van der Waals surface area (Å²) in [5, 5.41) is 0. The molecule has 0 aliphatic heterocycles. The molecule has 7 nitrogen and oxygen atoms in total. The Bertz CT molecular complexity index is 1170. The molecule has 0 radical (unpaired) electrons. The van der Waals surface area contributed by atoms with Gasteiger partial charge in [0.05, 0.1) is 38.2 Å². The van der Waals surface area contributed by atoms with E-state index in [1.54, 1.807) is 21.3 Å². The number of nitrogen functional groups attached to an aromatic ring is 1. The van der Waals surface area contributed by atoms with Crippen LogP contribution in [0.15, 0.2) is 54.6 Å². The van der Waals surface area contributed by atoms with Crippen molar-refractivity contribution in [3.8, 4) is 28.5 Å². The van der Waals surface area contributed by atoms with Crippen molar-refractivity contribution in [3.63, 3.8) is 0 Å². The van der Waals surface area contributed by atoms with E-state index in [2.05, 4.69) is 9.97 Å². The Balaban J connectivity index is 1.85. The standard InChI is InChI=1S/C23H22N4O3/c1-28-19-12-15(13-20(29-2)22(19)30-3)16-9-10-17-21(25-16)18(27-23(24)26-17)11-14-7-5-4-6-8-14/h4-10,12-13H,11H2,1-3H3,(H2,24,26,27). The normalized spacial score (nSPS) is 10.8. The molecule has 30 heavy (non-hydrogen) atoms. The van der Waals surface area contributed by atoms with Crippen LogP contribution >= 0.6 is 0 Å². The third-order valence-corrected chi connectivity index (χ3v) is 4.81. The van der Waals surface area contributed by atoms with Gasteiger partial charge in [0.1, 0.15) is 5.52 Å². The number of aromatic nitrogens is 3. The van der Waals surface area contributed by atoms with Gasteiger partial charge < -0.3 is 19.9 Å². The number of fused-ring (bicyclic) bond motifs is 1. The number of hydrogen-bond acceptors (Lipinski definition) is 7. The van der Waals surface area contributed by atoms with Crippen molar-refractivity contribution in [2.75, 3.05) is 27.1 Å². The molecule has 2 N–H and O–H groups in total. The predicted octanol–water partition coefficient (Wildman–Crippen LogP) is 3.89. The minimum absolute atomic E-state index is 0.232. The van der Waals surface area contributed by atoms with Crippen molar-refractivity contribution in [2.24, 2.45) is 0 Å². The van der Waals surface area contributed by atoms with E-state index in [-0.39, 0.29) is 5.95 Å². The van der Waals surface area contributed by atoms with Crippen molar-refractivity contribution in [1.82, 2.24) is 15.0 Å². The van der Waals surface area contributed by atoms with Gasteiger partial charge >= 0.3 is 0 Å². The van der Waals surface area contributed by atoms with E-state index in [1.807, 2.05) is 54.6 Å². The van der Waals surface area contributed by atoms with Crippen LogP contribution in [0.3, 0.4) is 0 Å². The summed E-state index contributed by atoms with van der Waals surface area (Å²) in [6.07, 6.45) is 0.607. The van der Waals surface area contributed by atoms with Gasteiger partial charge in [-0.25, -0.2) is 15.0 Å². The molecule has 0 aliphatic carbocycles. The molecule has 2 aromatic heterocycles. The molecule has 2 heterocycles. The quantitative estimate of drug-likeness (QED) is 0.523. The maximum absolute atomic E-state index is 5.94. The summed E-state index contributed by atoms with van der Waals surface area (Å²) in [5.41, 5.74) is 10.8. The third-order valence-electron chi connectivity index (χ3n) is 4.81. The number of ether oxygens (including phenoxy) is 3. The first-order chi connectivity index (χ1) is 14.6. The summed E-state index contributed by atoms with van der Waals surface area (Å²) in [7, 11) is 4.75. The summed E-state index contributed by atoms with van der Waals surface area (Å²) >= 11 is 0. The first-order valence-electron chi connectivity index (χ1n) is 9.40. The maximum Gasteiger partial charge on any atom is 0.220 e. The van der Waals surface area contributed by atoms with Crippen LogP contribution < -0.4 is 19.9 Å². The highest BCUT2D eigenvalue weighted by Gasteiger charge is 2.16. The van der Waals surface area contributed by atoms with Crippen molar-refractivity contribution in [2.45, 2.75) is 6.42 Å². The van der Waals surface area contributed by atoms with Gasteiger partial charge in [-0.2, -0.15) is 0 Å². The summed E-state index contributed by atoms with van der Waals surface area (Å²) in [4.78, 5) is 13.7. The topological polar surface area (TPSA) is 92.4 Å². The fourth-order valence-corrected chi connectivity index (χ4v) is 3.40. The van der Waals surface area contributed by atoms with Gasteiger partial charge in [-0.3, -0.25) is 0 Å². The molecule has 4 aromatic rings. The molecule has 152 valence electrons. The van der Waals surface area contributed by atoms with Gasteiger partial charge in [-0.05, 0) is 29.8 Å². The molecule has 0 fully saturated rings. The van der Waals surface area contributed by atoms with Gasteiger partial charge in [0.2, 0.25) is 11.7 Å². The minimum Gasteiger partial charge on any atom is -0.493 e. The molecule has 7 heteroatoms. The van der Waals surface area contributed by atoms with Crippen molar-refractivity contribution < 1.29 is 14.2 Å². The Morgan fingerprint density at radius 1 is 0.800 bits per heavy atom. The van der Waals surface area contributed by atoms with Gasteiger partial charge in [0.15, 0.2) is 11.5 Å². The van der Waals surface area contributed by atoms with E-state index in [1.165, 1.54) is 0 Å². The summed E-state index contributed by atoms with van der Waals surface area (Å²) in [6, 6.07) is 17.6. The van der Waals surface area contributed by atoms with E-state index in [0.717, 1.165) is 22.5 Å². The lowest BCUT2D eigenvalue weighted by molar-refractivity contribution is 0.324. The molecule has 4 rings (SSSR count). The van der Waals surface area contributed by atoms with Crippen molar-refractivity contribution in [3.05, 3.63) is 65.9 Å². The average molecular weight is 402 g/mol. The molecule has 0 unspecified atom stereocenters. The van der Waals surface area contributed by atoms with E-state index in [4.69, 9.17) is 24.9 Å². The van der Waals surface area contributed by atoms with Gasteiger partial charge in [-0.15, -0.1) is 0 Å². The van der Waals surface area contributed by atoms with Crippen LogP contribution in [0, 0.1) is 0 Å². The highest BCUT2D eigenvalue weighted by Crippen LogP contribution is 2.41. The molecule has 0 amide bonds. The highest BCUT2D eigenvalue weighted by molar-refractivity contribution is 5.82. The van der Waals surface area contributed by atoms with Gasteiger partial charge in [-0.1, -0.05) is 30.3 Å². The van der Waals surface area contributed by atoms with E-state index >= 15 is 0 Å². The fraction of sp³-hybridized carbons (Fsp3) is 0.174. The SMILES string of the molecule is COc1cc(-c2ccc3nc(N)nc(Cc4ccccc4)c3n2)cc(OC)c1OC. The Morgan fingerprint density at radius 2 is 1.50 bits per heavy atom. The van der Waals surface area contributed by atoms with E-state index in [0.29, 0.717) is 34.7 Å². The average Bonchev–Trinajstić information content (AvgIpc) is 2.78. The minimum atomic E-state index is 0.232. The number of methoxy groups -OCH3 is 3. The second kappa shape index (κ2) is 8.24. The lowest BCUT2D eigenvalue weighted by atomic mass is 10.1. The molecular weight excluding hydrogens is 380 g/mol. The van der Waals surface area contributed by atoms with Gasteiger partial charge in [0.25, 0.3) is 0 Å². The third kappa shape index (κ3) is 3.69. The zero-order valence-electron chi connectivity index (χ0n) is 17.0. The maximum atomic E-state index is 5.94. The summed E-state index contributed by atoms with van der Waals surface area (Å²) in [5.74, 6) is 1.89. The fourth-order valence-electron chi connectivity index (χ4n) is 3.40. The lowest BCUT2D eigenvalue weighted by Crippen LogP contribution is -2.03. The molecular formula is C23H22N4O3. The van der Waals surface area contributed by atoms with Crippen LogP contribution in [-0.2, 0) is 6.42 Å². The van der Waals surface area contributed by atoms with E-state index in [9.17, 15) is 0 Å². The summed E-state index contributed by atoms with van der Waals surface area (Å²) < 4.78 is 16.4. The molecule has 0 atom stereocenters. The number of benzene rings is 2. The highest BCUT2D eigenvalue weighted by atomic mass is 16.5. The zero-order valence-corrected chi connectivity index (χ0v) is 17.0. The Morgan fingerprint density at radius 3 is 2.13 bits per heavy atom. The monoisotopic (exact) mass is 402 g/mol. The lowest BCUT2D eigenvalue weighted by Gasteiger charge is -2.14. The Hall–Kier alpha value is -3.87. The smallest absolute Gasteiger partial charge is 0.220 e. The number of pyridine rings is 1. The van der Waals surface area contributed by atoms with E-state index < -0.39 is 0 Å². The van der Waals surface area contributed by atoms with Gasteiger partial charge in [0, 0.05) is 12.0 Å². The number of rotatable bonds is 6. The zero-order chi connectivity index (χ0) is 21.1. The largest absolute Gasteiger partial charge is 0.493 e.